The van der Waals surface area contributed by atoms with Gasteiger partial charge in [0.2, 0.25) is 0 Å². The van der Waals surface area contributed by atoms with E-state index in [0.29, 0.717) is 17.6 Å². The van der Waals surface area contributed by atoms with Gasteiger partial charge in [0.1, 0.15) is 17.8 Å². The molecule has 2 heterocycles. The van der Waals surface area contributed by atoms with E-state index in [4.69, 9.17) is 0 Å². The van der Waals surface area contributed by atoms with E-state index in [-0.39, 0.29) is 5.91 Å². The summed E-state index contributed by atoms with van der Waals surface area (Å²) in [5.74, 6) is 0.687. The van der Waals surface area contributed by atoms with Crippen LogP contribution in [0.1, 0.15) is 36.3 Å². The Morgan fingerprint density at radius 2 is 1.93 bits per heavy atom. The van der Waals surface area contributed by atoms with Gasteiger partial charge < -0.3 is 10.2 Å². The lowest BCUT2D eigenvalue weighted by Crippen LogP contribution is -2.48. The molecule has 1 N–H and O–H groups in total. The second kappa shape index (κ2) is 9.99. The third-order valence-electron chi connectivity index (χ3n) is 5.03. The number of amides is 1. The summed E-state index contributed by atoms with van der Waals surface area (Å²) >= 11 is 0. The van der Waals surface area contributed by atoms with E-state index >= 15 is 0 Å². The molecule has 1 aliphatic heterocycles. The lowest BCUT2D eigenvalue weighted by Gasteiger charge is -2.34. The van der Waals surface area contributed by atoms with Crippen molar-refractivity contribution in [2.75, 3.05) is 38.0 Å². The standard InChI is InChI=1S/C22H29N5O/c1-3-18(2)25-21-16-20(23-17-24-21)22(28)27-14-12-26(13-15-27)11-7-10-19-8-5-4-6-9-19/h4-10,16-18H,3,11-15H2,1-2H3,(H,23,24,25)/b10-7+. The number of benzene rings is 1. The summed E-state index contributed by atoms with van der Waals surface area (Å²) in [5.41, 5.74) is 1.67. The molecule has 6 nitrogen and oxygen atoms in total. The molecular formula is C22H29N5O. The maximum absolute atomic E-state index is 12.8. The highest BCUT2D eigenvalue weighted by Crippen LogP contribution is 2.12. The molecule has 148 valence electrons. The van der Waals surface area contributed by atoms with Crippen LogP contribution in [0, 0.1) is 0 Å². The molecule has 0 spiro atoms. The second-order valence-electron chi connectivity index (χ2n) is 7.15. The molecule has 1 atom stereocenters. The van der Waals surface area contributed by atoms with E-state index in [9.17, 15) is 4.79 Å². The number of hydrogen-bond acceptors (Lipinski definition) is 5. The number of hydrogen-bond donors (Lipinski definition) is 1. The van der Waals surface area contributed by atoms with Gasteiger partial charge in [0.15, 0.2) is 0 Å². The Balaban J connectivity index is 1.50. The summed E-state index contributed by atoms with van der Waals surface area (Å²) in [6.45, 7) is 8.27. The predicted molar refractivity (Wildman–Crippen MR) is 113 cm³/mol. The van der Waals surface area contributed by atoms with Gasteiger partial charge in [-0.3, -0.25) is 9.69 Å². The largest absolute Gasteiger partial charge is 0.368 e. The van der Waals surface area contributed by atoms with Gasteiger partial charge in [-0.1, -0.05) is 49.4 Å². The van der Waals surface area contributed by atoms with Crippen LogP contribution in [0.15, 0.2) is 48.8 Å². The third-order valence-corrected chi connectivity index (χ3v) is 5.03. The Morgan fingerprint density at radius 3 is 2.64 bits per heavy atom. The lowest BCUT2D eigenvalue weighted by molar-refractivity contribution is 0.0644. The summed E-state index contributed by atoms with van der Waals surface area (Å²) in [7, 11) is 0. The minimum absolute atomic E-state index is 0.0194. The zero-order valence-corrected chi connectivity index (χ0v) is 16.7. The summed E-state index contributed by atoms with van der Waals surface area (Å²) < 4.78 is 0. The SMILES string of the molecule is CCC(C)Nc1cc(C(=O)N2CCN(C/C=C/c3ccccc3)CC2)ncn1. The Kier molecular flexibility index (Phi) is 7.14. The summed E-state index contributed by atoms with van der Waals surface area (Å²) in [6.07, 6.45) is 6.78. The molecule has 28 heavy (non-hydrogen) atoms. The van der Waals surface area contributed by atoms with E-state index in [2.05, 4.69) is 58.3 Å². The quantitative estimate of drug-likeness (QED) is 0.801. The van der Waals surface area contributed by atoms with Crippen molar-refractivity contribution >= 4 is 17.8 Å². The number of nitrogens with zero attached hydrogens (tertiary/aromatic N) is 4. The minimum atomic E-state index is -0.0194. The van der Waals surface area contributed by atoms with Gasteiger partial charge in [0.05, 0.1) is 0 Å². The van der Waals surface area contributed by atoms with Crippen molar-refractivity contribution in [3.05, 3.63) is 60.1 Å². The highest BCUT2D eigenvalue weighted by Gasteiger charge is 2.22. The predicted octanol–water partition coefficient (Wildman–Crippen LogP) is 3.16. The van der Waals surface area contributed by atoms with Crippen molar-refractivity contribution in [1.82, 2.24) is 19.8 Å². The van der Waals surface area contributed by atoms with Crippen molar-refractivity contribution < 1.29 is 4.79 Å². The highest BCUT2D eigenvalue weighted by molar-refractivity contribution is 5.93. The zero-order valence-electron chi connectivity index (χ0n) is 16.7. The van der Waals surface area contributed by atoms with Gasteiger partial charge in [-0.2, -0.15) is 0 Å². The number of carbonyl (C=O) groups excluding carboxylic acids is 1. The van der Waals surface area contributed by atoms with Crippen molar-refractivity contribution in [1.29, 1.82) is 0 Å². The molecule has 1 saturated heterocycles. The van der Waals surface area contributed by atoms with Crippen LogP contribution in [0.4, 0.5) is 5.82 Å². The first-order chi connectivity index (χ1) is 13.7. The molecule has 0 bridgehead atoms. The summed E-state index contributed by atoms with van der Waals surface area (Å²) in [5, 5.41) is 3.30. The molecule has 0 saturated carbocycles. The van der Waals surface area contributed by atoms with Crippen molar-refractivity contribution in [3.63, 3.8) is 0 Å². The fourth-order valence-electron chi connectivity index (χ4n) is 3.11. The van der Waals surface area contributed by atoms with Crippen LogP contribution in [-0.4, -0.2) is 64.4 Å². The van der Waals surface area contributed by atoms with Crippen molar-refractivity contribution in [2.45, 2.75) is 26.3 Å². The van der Waals surface area contributed by atoms with Gasteiger partial charge in [-0.25, -0.2) is 9.97 Å². The van der Waals surface area contributed by atoms with E-state index in [0.717, 1.165) is 39.1 Å². The Hall–Kier alpha value is -2.73. The highest BCUT2D eigenvalue weighted by atomic mass is 16.2. The van der Waals surface area contributed by atoms with E-state index in [1.165, 1.54) is 11.9 Å². The average molecular weight is 380 g/mol. The van der Waals surface area contributed by atoms with Crippen LogP contribution in [0.2, 0.25) is 0 Å². The normalized spacial score (nSPS) is 16.3. The lowest BCUT2D eigenvalue weighted by atomic mass is 10.2. The topological polar surface area (TPSA) is 61.4 Å². The molecule has 0 aliphatic carbocycles. The van der Waals surface area contributed by atoms with Crippen LogP contribution in [0.25, 0.3) is 6.08 Å². The van der Waals surface area contributed by atoms with Gasteiger partial charge in [0.25, 0.3) is 5.91 Å². The first-order valence-electron chi connectivity index (χ1n) is 9.97. The molecule has 0 radical (unpaired) electrons. The Morgan fingerprint density at radius 1 is 1.18 bits per heavy atom. The number of carbonyl (C=O) groups is 1. The zero-order chi connectivity index (χ0) is 19.8. The van der Waals surface area contributed by atoms with E-state index in [1.54, 1.807) is 6.07 Å². The molecule has 1 aliphatic rings. The first-order valence-corrected chi connectivity index (χ1v) is 9.97. The van der Waals surface area contributed by atoms with Crippen molar-refractivity contribution in [3.8, 4) is 0 Å². The van der Waals surface area contributed by atoms with Crippen LogP contribution >= 0.6 is 0 Å². The molecule has 6 heteroatoms. The monoisotopic (exact) mass is 379 g/mol. The molecule has 1 aromatic heterocycles. The van der Waals surface area contributed by atoms with Crippen LogP contribution < -0.4 is 5.32 Å². The maximum atomic E-state index is 12.8. The molecule has 2 aromatic rings. The molecule has 1 amide bonds. The number of anilines is 1. The summed E-state index contributed by atoms with van der Waals surface area (Å²) in [6, 6.07) is 12.4. The number of aromatic nitrogens is 2. The fraction of sp³-hybridized carbons (Fsp3) is 0.409. The fourth-order valence-corrected chi connectivity index (χ4v) is 3.11. The van der Waals surface area contributed by atoms with Crippen LogP contribution in [0.5, 0.6) is 0 Å². The van der Waals surface area contributed by atoms with E-state index < -0.39 is 0 Å². The Labute approximate surface area is 167 Å². The van der Waals surface area contributed by atoms with Gasteiger partial charge >= 0.3 is 0 Å². The average Bonchev–Trinajstić information content (AvgIpc) is 2.74. The van der Waals surface area contributed by atoms with Gasteiger partial charge in [-0.15, -0.1) is 0 Å². The molecule has 3 rings (SSSR count). The number of nitrogens with one attached hydrogen (secondary N) is 1. The third kappa shape index (κ3) is 5.63. The minimum Gasteiger partial charge on any atom is -0.368 e. The maximum Gasteiger partial charge on any atom is 0.272 e. The molecule has 1 fully saturated rings. The molecular weight excluding hydrogens is 350 g/mol. The first kappa shape index (κ1) is 20.0. The van der Waals surface area contributed by atoms with Crippen LogP contribution in [0.3, 0.4) is 0 Å². The van der Waals surface area contributed by atoms with E-state index in [1.807, 2.05) is 23.1 Å². The number of rotatable bonds is 7. The smallest absolute Gasteiger partial charge is 0.272 e. The molecule has 1 aromatic carbocycles. The second-order valence-corrected chi connectivity index (χ2v) is 7.15. The van der Waals surface area contributed by atoms with Gasteiger partial charge in [-0.05, 0) is 18.9 Å². The Bertz CT molecular complexity index is 785. The van der Waals surface area contributed by atoms with Crippen LogP contribution in [-0.2, 0) is 0 Å². The molecule has 1 unspecified atom stereocenters. The van der Waals surface area contributed by atoms with Gasteiger partial charge in [0, 0.05) is 44.8 Å². The van der Waals surface area contributed by atoms with Crippen molar-refractivity contribution in [2.24, 2.45) is 0 Å². The summed E-state index contributed by atoms with van der Waals surface area (Å²) in [4.78, 5) is 25.4. The number of piperazine rings is 1.